The first-order valence-electron chi connectivity index (χ1n) is 6.62. The van der Waals surface area contributed by atoms with Gasteiger partial charge in [0, 0.05) is 6.07 Å². The standard InChI is InChI=1S/C13H17ClN2O6S/c1-8(2)6-11(13(17)22-3)15-23(20,21)9-4-5-10(14)12(7-9)16(18)19/h4-5,7-8,11,15H,6H2,1-3H3/t11-/m0/s1. The van der Waals surface area contributed by atoms with Crippen molar-refractivity contribution >= 4 is 33.3 Å². The van der Waals surface area contributed by atoms with E-state index in [9.17, 15) is 23.3 Å². The van der Waals surface area contributed by atoms with E-state index in [1.807, 2.05) is 13.8 Å². The van der Waals surface area contributed by atoms with Gasteiger partial charge in [0.2, 0.25) is 10.0 Å². The van der Waals surface area contributed by atoms with E-state index in [4.69, 9.17) is 11.6 Å². The molecular formula is C13H17ClN2O6S. The zero-order chi connectivity index (χ0) is 17.8. The molecule has 0 bridgehead atoms. The summed E-state index contributed by atoms with van der Waals surface area (Å²) < 4.78 is 31.5. The third-order valence-electron chi connectivity index (χ3n) is 2.91. The summed E-state index contributed by atoms with van der Waals surface area (Å²) in [5.41, 5.74) is -0.534. The molecule has 0 unspecified atom stereocenters. The Hall–Kier alpha value is -1.71. The van der Waals surface area contributed by atoms with Gasteiger partial charge < -0.3 is 4.74 Å². The van der Waals surface area contributed by atoms with Crippen LogP contribution in [0, 0.1) is 16.0 Å². The molecule has 1 aromatic rings. The number of nitro benzene ring substituents is 1. The van der Waals surface area contributed by atoms with E-state index in [1.54, 1.807) is 0 Å². The number of nitro groups is 1. The molecule has 10 heteroatoms. The van der Waals surface area contributed by atoms with Crippen LogP contribution in [-0.4, -0.2) is 32.5 Å². The molecule has 1 N–H and O–H groups in total. The van der Waals surface area contributed by atoms with E-state index in [2.05, 4.69) is 9.46 Å². The topological polar surface area (TPSA) is 116 Å². The summed E-state index contributed by atoms with van der Waals surface area (Å²) in [6.07, 6.45) is 0.224. The van der Waals surface area contributed by atoms with Crippen LogP contribution in [0.4, 0.5) is 5.69 Å². The molecule has 0 aliphatic rings. The summed E-state index contributed by atoms with van der Waals surface area (Å²) in [6, 6.07) is 2.00. The van der Waals surface area contributed by atoms with Crippen LogP contribution >= 0.6 is 11.6 Å². The van der Waals surface area contributed by atoms with Crippen LogP contribution in [0.5, 0.6) is 0 Å². The lowest BCUT2D eigenvalue weighted by Gasteiger charge is -2.18. The van der Waals surface area contributed by atoms with Gasteiger partial charge in [-0.05, 0) is 24.5 Å². The smallest absolute Gasteiger partial charge is 0.323 e. The zero-order valence-electron chi connectivity index (χ0n) is 12.8. The molecule has 1 rings (SSSR count). The molecule has 23 heavy (non-hydrogen) atoms. The average Bonchev–Trinajstić information content (AvgIpc) is 2.44. The molecule has 0 fully saturated rings. The minimum Gasteiger partial charge on any atom is -0.468 e. The van der Waals surface area contributed by atoms with Crippen LogP contribution in [0.2, 0.25) is 5.02 Å². The summed E-state index contributed by atoms with van der Waals surface area (Å²) in [4.78, 5) is 21.4. The van der Waals surface area contributed by atoms with Crippen LogP contribution < -0.4 is 4.72 Å². The van der Waals surface area contributed by atoms with Crippen molar-refractivity contribution in [2.45, 2.75) is 31.2 Å². The van der Waals surface area contributed by atoms with Crippen molar-refractivity contribution in [3.63, 3.8) is 0 Å². The van der Waals surface area contributed by atoms with Crippen molar-refractivity contribution < 1.29 is 22.9 Å². The molecule has 128 valence electrons. The van der Waals surface area contributed by atoms with Crippen LogP contribution in [0.15, 0.2) is 23.1 Å². The van der Waals surface area contributed by atoms with Gasteiger partial charge in [0.15, 0.2) is 0 Å². The molecule has 0 aliphatic carbocycles. The Kier molecular flexibility index (Phi) is 6.48. The molecule has 0 amide bonds. The molecule has 0 heterocycles. The monoisotopic (exact) mass is 364 g/mol. The van der Waals surface area contributed by atoms with Gasteiger partial charge in [0.05, 0.1) is 16.9 Å². The fraction of sp³-hybridized carbons (Fsp3) is 0.462. The lowest BCUT2D eigenvalue weighted by molar-refractivity contribution is -0.384. The zero-order valence-corrected chi connectivity index (χ0v) is 14.3. The van der Waals surface area contributed by atoms with Gasteiger partial charge >= 0.3 is 5.97 Å². The maximum atomic E-state index is 12.3. The van der Waals surface area contributed by atoms with E-state index < -0.39 is 32.6 Å². The van der Waals surface area contributed by atoms with E-state index >= 15 is 0 Å². The van der Waals surface area contributed by atoms with Crippen LogP contribution in [0.1, 0.15) is 20.3 Å². The maximum Gasteiger partial charge on any atom is 0.323 e. The van der Waals surface area contributed by atoms with E-state index in [-0.39, 0.29) is 22.3 Å². The largest absolute Gasteiger partial charge is 0.468 e. The van der Waals surface area contributed by atoms with Crippen molar-refractivity contribution in [2.75, 3.05) is 7.11 Å². The van der Waals surface area contributed by atoms with Crippen molar-refractivity contribution in [1.29, 1.82) is 0 Å². The Morgan fingerprint density at radius 2 is 2.04 bits per heavy atom. The minimum absolute atomic E-state index is 0.0290. The minimum atomic E-state index is -4.15. The molecule has 1 aromatic carbocycles. The number of nitrogens with one attached hydrogen (secondary N) is 1. The van der Waals surface area contributed by atoms with E-state index in [0.717, 1.165) is 25.3 Å². The normalized spacial score (nSPS) is 12.9. The van der Waals surface area contributed by atoms with Gasteiger partial charge in [-0.15, -0.1) is 0 Å². The number of hydrogen-bond acceptors (Lipinski definition) is 6. The number of benzene rings is 1. The molecule has 0 saturated carbocycles. The van der Waals surface area contributed by atoms with Crippen LogP contribution in [0.3, 0.4) is 0 Å². The number of halogens is 1. The molecular weight excluding hydrogens is 348 g/mol. The Balaban J connectivity index is 3.17. The van der Waals surface area contributed by atoms with E-state index in [0.29, 0.717) is 0 Å². The molecule has 0 aromatic heterocycles. The number of rotatable bonds is 7. The highest BCUT2D eigenvalue weighted by Gasteiger charge is 2.28. The number of sulfonamides is 1. The predicted octanol–water partition coefficient (Wildman–Crippen LogP) is 2.11. The number of carbonyl (C=O) groups is 1. The Bertz CT molecular complexity index is 704. The fourth-order valence-electron chi connectivity index (χ4n) is 1.86. The SMILES string of the molecule is COC(=O)[C@H](CC(C)C)NS(=O)(=O)c1ccc(Cl)c([N+](=O)[O-])c1. The Labute approximate surface area is 139 Å². The highest BCUT2D eigenvalue weighted by atomic mass is 35.5. The number of nitrogens with zero attached hydrogens (tertiary/aromatic N) is 1. The first-order valence-corrected chi connectivity index (χ1v) is 8.48. The first-order chi connectivity index (χ1) is 10.6. The first kappa shape index (κ1) is 19.3. The third-order valence-corrected chi connectivity index (χ3v) is 4.70. The number of hydrogen-bond donors (Lipinski definition) is 1. The third kappa shape index (κ3) is 5.15. The highest BCUT2D eigenvalue weighted by molar-refractivity contribution is 7.89. The van der Waals surface area contributed by atoms with Gasteiger partial charge in [0.1, 0.15) is 11.1 Å². The van der Waals surface area contributed by atoms with Gasteiger partial charge in [0.25, 0.3) is 5.69 Å². The second-order valence-corrected chi connectivity index (χ2v) is 7.32. The molecule has 0 spiro atoms. The van der Waals surface area contributed by atoms with E-state index in [1.165, 1.54) is 0 Å². The van der Waals surface area contributed by atoms with Gasteiger partial charge in [-0.1, -0.05) is 25.4 Å². The van der Waals surface area contributed by atoms with Gasteiger partial charge in [-0.2, -0.15) is 4.72 Å². The average molecular weight is 365 g/mol. The Morgan fingerprint density at radius 3 is 2.52 bits per heavy atom. The molecule has 0 radical (unpaired) electrons. The highest BCUT2D eigenvalue weighted by Crippen LogP contribution is 2.27. The Morgan fingerprint density at radius 1 is 1.43 bits per heavy atom. The number of ether oxygens (including phenoxy) is 1. The summed E-state index contributed by atoms with van der Waals surface area (Å²) in [5, 5.41) is 10.7. The van der Waals surface area contributed by atoms with Crippen molar-refractivity contribution in [1.82, 2.24) is 4.72 Å². The summed E-state index contributed by atoms with van der Waals surface area (Å²) >= 11 is 5.66. The maximum absolute atomic E-state index is 12.3. The van der Waals surface area contributed by atoms with Gasteiger partial charge in [-0.25, -0.2) is 8.42 Å². The van der Waals surface area contributed by atoms with Gasteiger partial charge in [-0.3, -0.25) is 14.9 Å². The molecule has 8 nitrogen and oxygen atoms in total. The molecule has 0 saturated heterocycles. The summed E-state index contributed by atoms with van der Waals surface area (Å²) in [6.45, 7) is 3.63. The predicted molar refractivity (Wildman–Crippen MR) is 83.7 cm³/mol. The second-order valence-electron chi connectivity index (χ2n) is 5.20. The second kappa shape index (κ2) is 7.71. The van der Waals surface area contributed by atoms with Crippen molar-refractivity contribution in [3.8, 4) is 0 Å². The van der Waals surface area contributed by atoms with Crippen molar-refractivity contribution in [2.24, 2.45) is 5.92 Å². The summed E-state index contributed by atoms with van der Waals surface area (Å²) in [7, 11) is -3.00. The van der Waals surface area contributed by atoms with Crippen molar-refractivity contribution in [3.05, 3.63) is 33.3 Å². The lowest BCUT2D eigenvalue weighted by atomic mass is 10.1. The molecule has 1 atom stereocenters. The quantitative estimate of drug-likeness (QED) is 0.450. The number of carbonyl (C=O) groups excluding carboxylic acids is 1. The number of esters is 1. The fourth-order valence-corrected chi connectivity index (χ4v) is 3.26. The van der Waals surface area contributed by atoms with Crippen LogP contribution in [0.25, 0.3) is 0 Å². The summed E-state index contributed by atoms with van der Waals surface area (Å²) in [5.74, 6) is -0.702. The lowest BCUT2D eigenvalue weighted by Crippen LogP contribution is -2.42. The number of methoxy groups -OCH3 is 1. The molecule has 0 aliphatic heterocycles. The van der Waals surface area contributed by atoms with Crippen LogP contribution in [-0.2, 0) is 19.6 Å².